The molecule has 0 atom stereocenters. The molecule has 0 saturated heterocycles. The molecule has 1 heterocycles. The van der Waals surface area contributed by atoms with E-state index in [0.29, 0.717) is 22.6 Å². The Bertz CT molecular complexity index is 710. The van der Waals surface area contributed by atoms with E-state index in [0.717, 1.165) is 0 Å². The predicted molar refractivity (Wildman–Crippen MR) is 80.5 cm³/mol. The number of benzene rings is 1. The van der Waals surface area contributed by atoms with E-state index in [-0.39, 0.29) is 18.1 Å². The zero-order valence-corrected chi connectivity index (χ0v) is 12.8. The van der Waals surface area contributed by atoms with Crippen molar-refractivity contribution in [1.82, 2.24) is 0 Å². The Kier molecular flexibility index (Phi) is 4.88. The molecule has 2 rings (SSSR count). The lowest BCUT2D eigenvalue weighted by Crippen LogP contribution is -2.38. The monoisotopic (exact) mass is 300 g/mol. The van der Waals surface area contributed by atoms with Crippen LogP contribution in [0.25, 0.3) is 0 Å². The third kappa shape index (κ3) is 3.49. The Balaban J connectivity index is 2.25. The molecule has 0 aliphatic carbocycles. The van der Waals surface area contributed by atoms with E-state index in [9.17, 15) is 9.59 Å². The number of rotatable bonds is 6. The van der Waals surface area contributed by atoms with Crippen molar-refractivity contribution in [2.45, 2.75) is 13.5 Å². The maximum Gasteiger partial charge on any atom is 0.231 e. The van der Waals surface area contributed by atoms with Gasteiger partial charge in [-0.25, -0.2) is 0 Å². The third-order valence-corrected chi connectivity index (χ3v) is 3.30. The van der Waals surface area contributed by atoms with Crippen LogP contribution < -0.4 is 14.0 Å². The second kappa shape index (κ2) is 6.85. The summed E-state index contributed by atoms with van der Waals surface area (Å²) in [5.74, 6) is 0.946. The van der Waals surface area contributed by atoms with E-state index in [1.807, 2.05) is 0 Å². The van der Waals surface area contributed by atoms with Gasteiger partial charge in [-0.3, -0.25) is 9.59 Å². The topological polar surface area (TPSA) is 56.5 Å². The van der Waals surface area contributed by atoms with E-state index in [4.69, 9.17) is 9.47 Å². The van der Waals surface area contributed by atoms with Crippen LogP contribution in [-0.2, 0) is 6.54 Å². The Labute approximate surface area is 129 Å². The van der Waals surface area contributed by atoms with Gasteiger partial charge in [0, 0.05) is 12.1 Å². The molecule has 0 fully saturated rings. The van der Waals surface area contributed by atoms with Crippen molar-refractivity contribution >= 4 is 11.6 Å². The molecule has 0 unspecified atom stereocenters. The number of carbonyl (C=O) groups is 2. The summed E-state index contributed by atoms with van der Waals surface area (Å²) in [6.45, 7) is 1.62. The van der Waals surface area contributed by atoms with E-state index in [2.05, 4.69) is 0 Å². The minimum Gasteiger partial charge on any atom is -0.497 e. The number of Topliss-reactive ketones (excluding diaryl/α,β-unsaturated/α-hetero) is 2. The molecule has 22 heavy (non-hydrogen) atoms. The highest BCUT2D eigenvalue weighted by atomic mass is 16.5. The number of hydrogen-bond donors (Lipinski definition) is 0. The van der Waals surface area contributed by atoms with Gasteiger partial charge in [-0.05, 0) is 25.1 Å². The molecule has 5 heteroatoms. The van der Waals surface area contributed by atoms with Gasteiger partial charge < -0.3 is 9.47 Å². The Hall–Kier alpha value is -2.69. The molecule has 0 radical (unpaired) electrons. The smallest absolute Gasteiger partial charge is 0.231 e. The van der Waals surface area contributed by atoms with Crippen molar-refractivity contribution in [3.05, 3.63) is 53.9 Å². The largest absolute Gasteiger partial charge is 0.497 e. The highest BCUT2D eigenvalue weighted by Gasteiger charge is 2.18. The Morgan fingerprint density at radius 3 is 2.55 bits per heavy atom. The standard InChI is InChI=1S/C17H18NO4/c1-12(19)13-5-4-8-18(10-13)11-16(20)15-7-6-14(21-2)9-17(15)22-3/h4-10H,11H2,1-3H3/q+1. The summed E-state index contributed by atoms with van der Waals surface area (Å²) in [4.78, 5) is 23.8. The maximum atomic E-state index is 12.4. The van der Waals surface area contributed by atoms with Crippen LogP contribution in [0.15, 0.2) is 42.7 Å². The fourth-order valence-corrected chi connectivity index (χ4v) is 2.11. The van der Waals surface area contributed by atoms with Gasteiger partial charge in [-0.2, -0.15) is 4.57 Å². The Morgan fingerprint density at radius 1 is 1.14 bits per heavy atom. The van der Waals surface area contributed by atoms with Gasteiger partial charge in [-0.15, -0.1) is 0 Å². The fourth-order valence-electron chi connectivity index (χ4n) is 2.11. The summed E-state index contributed by atoms with van der Waals surface area (Å²) in [5.41, 5.74) is 1.04. The van der Waals surface area contributed by atoms with E-state index in [1.165, 1.54) is 14.0 Å². The van der Waals surface area contributed by atoms with Crippen LogP contribution in [0.5, 0.6) is 11.5 Å². The zero-order valence-electron chi connectivity index (χ0n) is 12.8. The normalized spacial score (nSPS) is 10.1. The predicted octanol–water partition coefficient (Wildman–Crippen LogP) is 2.08. The molecule has 2 aromatic rings. The number of hydrogen-bond acceptors (Lipinski definition) is 4. The SMILES string of the molecule is COc1ccc(C(=O)C[n+]2cccc(C(C)=O)c2)c(OC)c1. The second-order valence-corrected chi connectivity index (χ2v) is 4.81. The molecule has 0 amide bonds. The fraction of sp³-hybridized carbons (Fsp3) is 0.235. The van der Waals surface area contributed by atoms with Crippen LogP contribution in [0.3, 0.4) is 0 Å². The molecule has 5 nitrogen and oxygen atoms in total. The second-order valence-electron chi connectivity index (χ2n) is 4.81. The Morgan fingerprint density at radius 2 is 1.91 bits per heavy atom. The summed E-state index contributed by atoms with van der Waals surface area (Å²) in [6.07, 6.45) is 3.41. The number of methoxy groups -OCH3 is 2. The van der Waals surface area contributed by atoms with Crippen LogP contribution in [-0.4, -0.2) is 25.8 Å². The number of ketones is 2. The minimum atomic E-state index is -0.106. The van der Waals surface area contributed by atoms with Crippen LogP contribution in [0, 0.1) is 0 Å². The van der Waals surface area contributed by atoms with Gasteiger partial charge in [0.05, 0.1) is 25.3 Å². The lowest BCUT2D eigenvalue weighted by molar-refractivity contribution is -0.683. The van der Waals surface area contributed by atoms with E-state index < -0.39 is 0 Å². The molecule has 0 aliphatic heterocycles. The van der Waals surface area contributed by atoms with Crippen molar-refractivity contribution in [2.24, 2.45) is 0 Å². The molecule has 114 valence electrons. The number of nitrogens with zero attached hydrogens (tertiary/aromatic N) is 1. The zero-order chi connectivity index (χ0) is 16.1. The highest BCUT2D eigenvalue weighted by Crippen LogP contribution is 2.24. The van der Waals surface area contributed by atoms with Gasteiger partial charge >= 0.3 is 0 Å². The van der Waals surface area contributed by atoms with Crippen LogP contribution in [0.2, 0.25) is 0 Å². The average molecular weight is 300 g/mol. The number of carbonyl (C=O) groups excluding carboxylic acids is 2. The molecular formula is C17H18NO4+. The van der Waals surface area contributed by atoms with Crippen molar-refractivity contribution in [2.75, 3.05) is 14.2 Å². The highest BCUT2D eigenvalue weighted by molar-refractivity contribution is 5.98. The number of ether oxygens (including phenoxy) is 2. The summed E-state index contributed by atoms with van der Waals surface area (Å²) in [5, 5.41) is 0. The molecule has 1 aromatic heterocycles. The van der Waals surface area contributed by atoms with E-state index >= 15 is 0 Å². The summed E-state index contributed by atoms with van der Waals surface area (Å²) in [6, 6.07) is 8.53. The minimum absolute atomic E-state index is 0.0381. The van der Waals surface area contributed by atoms with Crippen molar-refractivity contribution in [3.63, 3.8) is 0 Å². The quantitative estimate of drug-likeness (QED) is 0.605. The maximum absolute atomic E-state index is 12.4. The number of aromatic nitrogens is 1. The third-order valence-electron chi connectivity index (χ3n) is 3.30. The van der Waals surface area contributed by atoms with Gasteiger partial charge in [0.2, 0.25) is 12.3 Å². The first-order valence-corrected chi connectivity index (χ1v) is 6.80. The van der Waals surface area contributed by atoms with Crippen LogP contribution in [0.4, 0.5) is 0 Å². The van der Waals surface area contributed by atoms with Crippen molar-refractivity contribution in [3.8, 4) is 11.5 Å². The van der Waals surface area contributed by atoms with Gasteiger partial charge in [0.25, 0.3) is 0 Å². The molecule has 1 aromatic carbocycles. The summed E-state index contributed by atoms with van der Waals surface area (Å²) < 4.78 is 12.0. The van der Waals surface area contributed by atoms with Gasteiger partial charge in [-0.1, -0.05) is 0 Å². The van der Waals surface area contributed by atoms with Crippen molar-refractivity contribution in [1.29, 1.82) is 0 Å². The first-order chi connectivity index (χ1) is 10.5. The van der Waals surface area contributed by atoms with Crippen molar-refractivity contribution < 1.29 is 23.6 Å². The summed E-state index contributed by atoms with van der Waals surface area (Å²) >= 11 is 0. The van der Waals surface area contributed by atoms with Crippen LogP contribution >= 0.6 is 0 Å². The average Bonchev–Trinajstić information content (AvgIpc) is 2.54. The van der Waals surface area contributed by atoms with Crippen LogP contribution in [0.1, 0.15) is 27.6 Å². The van der Waals surface area contributed by atoms with Gasteiger partial charge in [0.15, 0.2) is 18.2 Å². The molecule has 0 saturated carbocycles. The first kappa shape index (κ1) is 15.7. The molecule has 0 spiro atoms. The van der Waals surface area contributed by atoms with Gasteiger partial charge in [0.1, 0.15) is 11.5 Å². The molecule has 0 aliphatic rings. The first-order valence-electron chi connectivity index (χ1n) is 6.80. The molecule has 0 N–H and O–H groups in total. The molecule has 0 bridgehead atoms. The van der Waals surface area contributed by atoms with E-state index in [1.54, 1.807) is 54.4 Å². The summed E-state index contributed by atoms with van der Waals surface area (Å²) in [7, 11) is 3.06. The lowest BCUT2D eigenvalue weighted by atomic mass is 10.1. The molecular weight excluding hydrogens is 282 g/mol. The number of pyridine rings is 1. The lowest BCUT2D eigenvalue weighted by Gasteiger charge is -2.08.